The van der Waals surface area contributed by atoms with Crippen molar-refractivity contribution in [3.05, 3.63) is 50.2 Å². The van der Waals surface area contributed by atoms with E-state index < -0.39 is 17.8 Å². The maximum atomic E-state index is 12.1. The summed E-state index contributed by atoms with van der Waals surface area (Å²) in [5, 5.41) is 4.97. The van der Waals surface area contributed by atoms with Gasteiger partial charge in [-0.15, -0.1) is 11.3 Å². The molecule has 1 aliphatic rings. The average molecular weight is 399 g/mol. The number of halogens is 2. The number of thiazole rings is 1. The molecule has 1 fully saturated rings. The number of amides is 4. The van der Waals surface area contributed by atoms with Crippen LogP contribution in [0.15, 0.2) is 34.8 Å². The molecule has 0 saturated carbocycles. The van der Waals surface area contributed by atoms with E-state index in [2.05, 4.69) is 10.3 Å². The van der Waals surface area contributed by atoms with Crippen LogP contribution in [0.25, 0.3) is 0 Å². The second-order valence-electron chi connectivity index (χ2n) is 5.26. The molecule has 4 amide bonds. The zero-order valence-electron chi connectivity index (χ0n) is 12.7. The minimum absolute atomic E-state index is 0.134. The molecule has 2 heterocycles. The summed E-state index contributed by atoms with van der Waals surface area (Å²) in [6.07, 6.45) is 1.79. The summed E-state index contributed by atoms with van der Waals surface area (Å²) in [6.45, 7) is 0.0381. The van der Waals surface area contributed by atoms with Gasteiger partial charge >= 0.3 is 6.03 Å². The molecule has 130 valence electrons. The summed E-state index contributed by atoms with van der Waals surface area (Å²) in [5.41, 5.74) is 0.836. The Bertz CT molecular complexity index is 921. The van der Waals surface area contributed by atoms with Crippen molar-refractivity contribution in [2.24, 2.45) is 4.99 Å². The maximum Gasteiger partial charge on any atom is 0.325 e. The fourth-order valence-corrected chi connectivity index (χ4v) is 3.47. The van der Waals surface area contributed by atoms with E-state index in [4.69, 9.17) is 23.2 Å². The molecule has 1 aromatic carbocycles. The highest BCUT2D eigenvalue weighted by Crippen LogP contribution is 2.21. The van der Waals surface area contributed by atoms with E-state index in [-0.39, 0.29) is 13.1 Å². The number of nitrogens with one attached hydrogen (secondary N) is 1. The largest absolute Gasteiger partial charge is 0.325 e. The number of carbonyl (C=O) groups excluding carboxylic acids is 3. The van der Waals surface area contributed by atoms with Crippen LogP contribution in [0, 0.1) is 0 Å². The van der Waals surface area contributed by atoms with Gasteiger partial charge in [0.2, 0.25) is 5.91 Å². The number of nitrogens with zero attached hydrogens (tertiary/aromatic N) is 3. The molecular weight excluding hydrogens is 387 g/mol. The van der Waals surface area contributed by atoms with E-state index in [0.717, 1.165) is 10.5 Å². The van der Waals surface area contributed by atoms with E-state index in [1.54, 1.807) is 34.3 Å². The van der Waals surface area contributed by atoms with Crippen molar-refractivity contribution in [1.29, 1.82) is 0 Å². The van der Waals surface area contributed by atoms with E-state index in [9.17, 15) is 14.4 Å². The van der Waals surface area contributed by atoms with Crippen LogP contribution in [-0.4, -0.2) is 40.4 Å². The molecule has 0 unspecified atom stereocenters. The van der Waals surface area contributed by atoms with Crippen LogP contribution in [0.5, 0.6) is 0 Å². The second kappa shape index (κ2) is 7.38. The van der Waals surface area contributed by atoms with Crippen LogP contribution in [0.4, 0.5) is 4.79 Å². The zero-order valence-corrected chi connectivity index (χ0v) is 15.1. The number of hydrogen-bond acceptors (Lipinski definition) is 4. The number of imide groups is 1. The first-order chi connectivity index (χ1) is 11.9. The Morgan fingerprint density at radius 2 is 2.12 bits per heavy atom. The van der Waals surface area contributed by atoms with Crippen molar-refractivity contribution < 1.29 is 14.4 Å². The quantitative estimate of drug-likeness (QED) is 0.797. The van der Waals surface area contributed by atoms with Gasteiger partial charge in [-0.05, 0) is 17.7 Å². The molecule has 10 heteroatoms. The first-order valence-corrected chi connectivity index (χ1v) is 8.80. The molecule has 1 N–H and O–H groups in total. The summed E-state index contributed by atoms with van der Waals surface area (Å²) in [6, 6.07) is 4.61. The molecule has 1 aliphatic heterocycles. The Hall–Kier alpha value is -2.16. The van der Waals surface area contributed by atoms with Crippen molar-refractivity contribution in [3.63, 3.8) is 0 Å². The molecule has 3 rings (SSSR count). The monoisotopic (exact) mass is 398 g/mol. The molecule has 7 nitrogen and oxygen atoms in total. The minimum atomic E-state index is -0.583. The van der Waals surface area contributed by atoms with Gasteiger partial charge in [0.25, 0.3) is 5.91 Å². The van der Waals surface area contributed by atoms with E-state index >= 15 is 0 Å². The van der Waals surface area contributed by atoms with Crippen LogP contribution < -0.4 is 10.1 Å². The minimum Gasteiger partial charge on any atom is -0.319 e. The maximum absolute atomic E-state index is 12.1. The predicted octanol–water partition coefficient (Wildman–Crippen LogP) is 1.88. The van der Waals surface area contributed by atoms with E-state index in [1.807, 2.05) is 0 Å². The Kier molecular flexibility index (Phi) is 5.22. The molecule has 0 spiro atoms. The third-order valence-corrected chi connectivity index (χ3v) is 4.81. The molecule has 0 atom stereocenters. The molecule has 25 heavy (non-hydrogen) atoms. The third kappa shape index (κ3) is 4.28. The molecule has 1 aromatic heterocycles. The van der Waals surface area contributed by atoms with Crippen molar-refractivity contribution >= 4 is 52.4 Å². The summed E-state index contributed by atoms with van der Waals surface area (Å²) >= 11 is 13.3. The summed E-state index contributed by atoms with van der Waals surface area (Å²) in [5.74, 6) is -0.940. The number of urea groups is 1. The molecule has 1 saturated heterocycles. The van der Waals surface area contributed by atoms with E-state index in [1.165, 1.54) is 11.3 Å². The molecule has 2 aromatic rings. The van der Waals surface area contributed by atoms with Crippen molar-refractivity contribution in [2.75, 3.05) is 13.1 Å². The van der Waals surface area contributed by atoms with Crippen LogP contribution >= 0.6 is 34.5 Å². The van der Waals surface area contributed by atoms with Gasteiger partial charge in [-0.1, -0.05) is 29.3 Å². The Labute approximate surface area is 156 Å². The fraction of sp³-hybridized carbons (Fsp3) is 0.200. The Morgan fingerprint density at radius 3 is 2.80 bits per heavy atom. The fourth-order valence-electron chi connectivity index (χ4n) is 2.26. The summed E-state index contributed by atoms with van der Waals surface area (Å²) < 4.78 is 1.77. The summed E-state index contributed by atoms with van der Waals surface area (Å²) in [4.78, 5) is 40.3. The molecular formula is C15H12Cl2N4O3S. The lowest BCUT2D eigenvalue weighted by molar-refractivity contribution is -0.119. The van der Waals surface area contributed by atoms with Gasteiger partial charge in [-0.2, -0.15) is 4.99 Å². The van der Waals surface area contributed by atoms with Crippen LogP contribution in [0.2, 0.25) is 10.0 Å². The topological polar surface area (TPSA) is 83.8 Å². The van der Waals surface area contributed by atoms with Gasteiger partial charge in [0.15, 0.2) is 4.80 Å². The predicted molar refractivity (Wildman–Crippen MR) is 93.6 cm³/mol. The van der Waals surface area contributed by atoms with Crippen molar-refractivity contribution in [2.45, 2.75) is 6.54 Å². The second-order valence-corrected chi connectivity index (χ2v) is 6.98. The van der Waals surface area contributed by atoms with Gasteiger partial charge in [0.05, 0.1) is 6.54 Å². The number of aromatic nitrogens is 1. The lowest BCUT2D eigenvalue weighted by Crippen LogP contribution is -2.33. The molecule has 0 radical (unpaired) electrons. The number of rotatable bonds is 4. The van der Waals surface area contributed by atoms with Crippen LogP contribution in [0.1, 0.15) is 5.56 Å². The standard InChI is InChI=1S/C15H12Cl2N4O3S/c16-10-2-1-9(11(17)5-10)6-20-3-4-25-15(20)19-13(23)8-21-7-12(22)18-14(21)24/h1-5H,6-8H2,(H,18,22,24). The number of benzene rings is 1. The van der Waals surface area contributed by atoms with Gasteiger partial charge in [-0.3, -0.25) is 14.9 Å². The first-order valence-electron chi connectivity index (χ1n) is 7.16. The average Bonchev–Trinajstić information content (AvgIpc) is 3.08. The molecule has 0 aliphatic carbocycles. The lowest BCUT2D eigenvalue weighted by Gasteiger charge is -2.09. The van der Waals surface area contributed by atoms with Gasteiger partial charge in [0, 0.05) is 21.6 Å². The molecule has 0 bridgehead atoms. The summed E-state index contributed by atoms with van der Waals surface area (Å²) in [7, 11) is 0. The van der Waals surface area contributed by atoms with Gasteiger partial charge < -0.3 is 9.47 Å². The SMILES string of the molecule is O=C(CN1CC(=O)NC1=O)N=c1sccn1Cc1ccc(Cl)cc1Cl. The highest BCUT2D eigenvalue weighted by molar-refractivity contribution is 7.07. The van der Waals surface area contributed by atoms with E-state index in [0.29, 0.717) is 21.4 Å². The van der Waals surface area contributed by atoms with Crippen LogP contribution in [0.3, 0.4) is 0 Å². The number of carbonyl (C=O) groups is 3. The van der Waals surface area contributed by atoms with Gasteiger partial charge in [-0.25, -0.2) is 4.79 Å². The highest BCUT2D eigenvalue weighted by atomic mass is 35.5. The lowest BCUT2D eigenvalue weighted by atomic mass is 10.2. The van der Waals surface area contributed by atoms with Crippen LogP contribution in [-0.2, 0) is 16.1 Å². The Balaban J connectivity index is 1.76. The Morgan fingerprint density at radius 1 is 1.32 bits per heavy atom. The normalized spacial score (nSPS) is 15.0. The smallest absolute Gasteiger partial charge is 0.319 e. The third-order valence-electron chi connectivity index (χ3n) is 3.43. The van der Waals surface area contributed by atoms with Crippen molar-refractivity contribution in [1.82, 2.24) is 14.8 Å². The first kappa shape index (κ1) is 17.7. The van der Waals surface area contributed by atoms with Crippen molar-refractivity contribution in [3.8, 4) is 0 Å². The van der Waals surface area contributed by atoms with Gasteiger partial charge in [0.1, 0.15) is 13.1 Å². The zero-order chi connectivity index (χ0) is 18.0. The number of hydrogen-bond donors (Lipinski definition) is 1. The highest BCUT2D eigenvalue weighted by Gasteiger charge is 2.28.